The first-order chi connectivity index (χ1) is 8.63. The zero-order chi connectivity index (χ0) is 13.4. The van der Waals surface area contributed by atoms with Crippen molar-refractivity contribution in [2.75, 3.05) is 13.2 Å². The van der Waals surface area contributed by atoms with E-state index in [1.54, 1.807) is 12.1 Å². The van der Waals surface area contributed by atoms with Crippen LogP contribution in [0.3, 0.4) is 0 Å². The molecule has 0 bridgehead atoms. The summed E-state index contributed by atoms with van der Waals surface area (Å²) >= 11 is 0. The van der Waals surface area contributed by atoms with E-state index < -0.39 is 0 Å². The molecule has 1 atom stereocenters. The third-order valence-corrected chi connectivity index (χ3v) is 2.68. The number of benzene rings is 1. The predicted molar refractivity (Wildman–Crippen MR) is 68.7 cm³/mol. The van der Waals surface area contributed by atoms with Gasteiger partial charge in [0.15, 0.2) is 0 Å². The average Bonchev–Trinajstić information content (AvgIpc) is 2.37. The second-order valence-corrected chi connectivity index (χ2v) is 4.23. The molecule has 18 heavy (non-hydrogen) atoms. The summed E-state index contributed by atoms with van der Waals surface area (Å²) in [5, 5.41) is 3.05. The van der Waals surface area contributed by atoms with Crippen LogP contribution in [0.1, 0.15) is 38.3 Å². The van der Waals surface area contributed by atoms with Crippen molar-refractivity contribution >= 4 is 5.97 Å². The lowest BCUT2D eigenvalue weighted by Crippen LogP contribution is -2.27. The molecule has 0 spiro atoms. The Balaban J connectivity index is 2.30. The van der Waals surface area contributed by atoms with E-state index in [1.165, 1.54) is 12.1 Å². The molecule has 1 N–H and O–H groups in total. The van der Waals surface area contributed by atoms with Crippen LogP contribution >= 0.6 is 0 Å². The Kier molecular flexibility index (Phi) is 6.36. The van der Waals surface area contributed by atoms with Gasteiger partial charge < -0.3 is 10.1 Å². The van der Waals surface area contributed by atoms with Gasteiger partial charge in [0.05, 0.1) is 13.2 Å². The summed E-state index contributed by atoms with van der Waals surface area (Å²) in [5.74, 6) is -0.512. The van der Waals surface area contributed by atoms with Gasteiger partial charge in [-0.1, -0.05) is 25.5 Å². The number of unbranched alkanes of at least 4 members (excludes halogenated alkanes) is 1. The Morgan fingerprint density at radius 1 is 1.39 bits per heavy atom. The molecule has 0 aromatic heterocycles. The van der Waals surface area contributed by atoms with Crippen LogP contribution in [-0.4, -0.2) is 19.1 Å². The van der Waals surface area contributed by atoms with Gasteiger partial charge in [-0.3, -0.25) is 4.79 Å². The van der Waals surface area contributed by atoms with E-state index in [0.717, 1.165) is 18.4 Å². The Morgan fingerprint density at radius 2 is 2.06 bits per heavy atom. The van der Waals surface area contributed by atoms with Crippen molar-refractivity contribution in [3.05, 3.63) is 35.6 Å². The van der Waals surface area contributed by atoms with E-state index in [1.807, 2.05) is 13.8 Å². The first kappa shape index (κ1) is 14.6. The molecule has 1 aromatic carbocycles. The van der Waals surface area contributed by atoms with E-state index in [0.29, 0.717) is 6.61 Å². The highest BCUT2D eigenvalue weighted by molar-refractivity contribution is 5.71. The highest BCUT2D eigenvalue weighted by Gasteiger charge is 2.08. The van der Waals surface area contributed by atoms with Crippen LogP contribution in [0, 0.1) is 5.82 Å². The van der Waals surface area contributed by atoms with Crippen molar-refractivity contribution in [1.29, 1.82) is 0 Å². The first-order valence-electron chi connectivity index (χ1n) is 6.28. The Hall–Kier alpha value is -1.42. The minimum Gasteiger partial charge on any atom is -0.465 e. The first-order valence-corrected chi connectivity index (χ1v) is 6.28. The van der Waals surface area contributed by atoms with Gasteiger partial charge in [-0.05, 0) is 31.0 Å². The van der Waals surface area contributed by atoms with Crippen molar-refractivity contribution in [1.82, 2.24) is 5.32 Å². The summed E-state index contributed by atoms with van der Waals surface area (Å²) < 4.78 is 17.8. The van der Waals surface area contributed by atoms with Gasteiger partial charge in [0.1, 0.15) is 5.82 Å². The highest BCUT2D eigenvalue weighted by Crippen LogP contribution is 2.12. The van der Waals surface area contributed by atoms with Crippen molar-refractivity contribution in [2.24, 2.45) is 0 Å². The molecule has 0 amide bonds. The molecule has 0 heterocycles. The standard InChI is InChI=1S/C14H20FNO2/c1-3-4-9-18-14(17)10-16-11(2)12-5-7-13(15)8-6-12/h5-8,11,16H,3-4,9-10H2,1-2H3/t11-/m1/s1. The van der Waals surface area contributed by atoms with Gasteiger partial charge in [0.2, 0.25) is 0 Å². The summed E-state index contributed by atoms with van der Waals surface area (Å²) in [5.41, 5.74) is 0.942. The van der Waals surface area contributed by atoms with Crippen molar-refractivity contribution in [3.63, 3.8) is 0 Å². The summed E-state index contributed by atoms with van der Waals surface area (Å²) in [6.07, 6.45) is 1.89. The molecule has 0 fully saturated rings. The zero-order valence-corrected chi connectivity index (χ0v) is 10.9. The average molecular weight is 253 g/mol. The Labute approximate surface area is 107 Å². The summed E-state index contributed by atoms with van der Waals surface area (Å²) in [6, 6.07) is 6.22. The van der Waals surface area contributed by atoms with Crippen LogP contribution < -0.4 is 5.32 Å². The molecule has 0 aliphatic carbocycles. The molecule has 1 rings (SSSR count). The van der Waals surface area contributed by atoms with Gasteiger partial charge in [0.25, 0.3) is 0 Å². The molecule has 0 unspecified atom stereocenters. The van der Waals surface area contributed by atoms with Crippen LogP contribution in [0.5, 0.6) is 0 Å². The second-order valence-electron chi connectivity index (χ2n) is 4.23. The zero-order valence-electron chi connectivity index (χ0n) is 10.9. The minimum atomic E-state index is -0.259. The molecule has 0 saturated heterocycles. The maximum absolute atomic E-state index is 12.7. The number of halogens is 1. The maximum atomic E-state index is 12.7. The van der Waals surface area contributed by atoms with Crippen LogP contribution in [0.2, 0.25) is 0 Å². The van der Waals surface area contributed by atoms with Crippen molar-refractivity contribution in [2.45, 2.75) is 32.7 Å². The van der Waals surface area contributed by atoms with E-state index in [9.17, 15) is 9.18 Å². The smallest absolute Gasteiger partial charge is 0.319 e. The number of rotatable bonds is 7. The second kappa shape index (κ2) is 7.82. The lowest BCUT2D eigenvalue weighted by molar-refractivity contribution is -0.142. The van der Waals surface area contributed by atoms with E-state index in [4.69, 9.17) is 4.74 Å². The molecular weight excluding hydrogens is 233 g/mol. The summed E-state index contributed by atoms with van der Waals surface area (Å²) in [7, 11) is 0. The van der Waals surface area contributed by atoms with Gasteiger partial charge in [-0.15, -0.1) is 0 Å². The molecule has 100 valence electrons. The van der Waals surface area contributed by atoms with Crippen molar-refractivity contribution < 1.29 is 13.9 Å². The predicted octanol–water partition coefficient (Wildman–Crippen LogP) is 2.82. The monoisotopic (exact) mass is 253 g/mol. The third-order valence-electron chi connectivity index (χ3n) is 2.68. The van der Waals surface area contributed by atoms with Crippen LogP contribution in [-0.2, 0) is 9.53 Å². The lowest BCUT2D eigenvalue weighted by atomic mass is 10.1. The molecule has 3 nitrogen and oxygen atoms in total. The maximum Gasteiger partial charge on any atom is 0.319 e. The molecule has 0 saturated carbocycles. The summed E-state index contributed by atoms with van der Waals surface area (Å²) in [4.78, 5) is 11.4. The number of esters is 1. The minimum absolute atomic E-state index is 0.00988. The van der Waals surface area contributed by atoms with Crippen LogP contribution in [0.15, 0.2) is 24.3 Å². The molecule has 0 radical (unpaired) electrons. The van der Waals surface area contributed by atoms with Gasteiger partial charge in [0, 0.05) is 6.04 Å². The number of nitrogens with one attached hydrogen (secondary N) is 1. The molecule has 1 aromatic rings. The van der Waals surface area contributed by atoms with Gasteiger partial charge >= 0.3 is 5.97 Å². The Bertz CT molecular complexity index is 365. The van der Waals surface area contributed by atoms with Crippen LogP contribution in [0.4, 0.5) is 4.39 Å². The number of carbonyl (C=O) groups excluding carboxylic acids is 1. The molecule has 0 aliphatic rings. The largest absolute Gasteiger partial charge is 0.465 e. The number of ether oxygens (including phenoxy) is 1. The quantitative estimate of drug-likeness (QED) is 0.600. The van der Waals surface area contributed by atoms with E-state index in [2.05, 4.69) is 5.32 Å². The van der Waals surface area contributed by atoms with E-state index in [-0.39, 0.29) is 24.4 Å². The topological polar surface area (TPSA) is 38.3 Å². The number of hydrogen-bond acceptors (Lipinski definition) is 3. The molecule has 4 heteroatoms. The lowest BCUT2D eigenvalue weighted by Gasteiger charge is -2.13. The fraction of sp³-hybridized carbons (Fsp3) is 0.500. The van der Waals surface area contributed by atoms with Crippen molar-refractivity contribution in [3.8, 4) is 0 Å². The normalized spacial score (nSPS) is 12.2. The Morgan fingerprint density at radius 3 is 2.67 bits per heavy atom. The fourth-order valence-electron chi connectivity index (χ4n) is 1.49. The third kappa shape index (κ3) is 5.27. The highest BCUT2D eigenvalue weighted by atomic mass is 19.1. The number of carbonyl (C=O) groups is 1. The fourth-order valence-corrected chi connectivity index (χ4v) is 1.49. The van der Waals surface area contributed by atoms with Gasteiger partial charge in [-0.25, -0.2) is 4.39 Å². The number of hydrogen-bond donors (Lipinski definition) is 1. The molecule has 0 aliphatic heterocycles. The molecular formula is C14H20FNO2. The van der Waals surface area contributed by atoms with Gasteiger partial charge in [-0.2, -0.15) is 0 Å². The van der Waals surface area contributed by atoms with Crippen LogP contribution in [0.25, 0.3) is 0 Å². The SMILES string of the molecule is CCCCOC(=O)CN[C@H](C)c1ccc(F)cc1. The summed E-state index contributed by atoms with van der Waals surface area (Å²) in [6.45, 7) is 4.61. The van der Waals surface area contributed by atoms with E-state index >= 15 is 0 Å².